The van der Waals surface area contributed by atoms with Crippen molar-refractivity contribution in [3.05, 3.63) is 16.4 Å². The second-order valence-corrected chi connectivity index (χ2v) is 5.64. The van der Waals surface area contributed by atoms with Crippen molar-refractivity contribution in [2.45, 2.75) is 53.5 Å². The molecule has 0 bridgehead atoms. The second-order valence-electron chi connectivity index (χ2n) is 5.26. The van der Waals surface area contributed by atoms with E-state index in [0.717, 1.165) is 42.2 Å². The van der Waals surface area contributed by atoms with Crippen molar-refractivity contribution in [2.24, 2.45) is 11.8 Å². The number of aliphatic hydroxyl groups is 1. The highest BCUT2D eigenvalue weighted by molar-refractivity contribution is 6.31. The van der Waals surface area contributed by atoms with E-state index >= 15 is 0 Å². The molecule has 1 rings (SSSR count). The van der Waals surface area contributed by atoms with Gasteiger partial charge in [0.2, 0.25) is 0 Å². The molecular weight excluding hydrogens is 248 g/mol. The third-order valence-corrected chi connectivity index (χ3v) is 3.68. The summed E-state index contributed by atoms with van der Waals surface area (Å²) in [7, 11) is 0. The van der Waals surface area contributed by atoms with Crippen LogP contribution in [0.25, 0.3) is 0 Å². The zero-order valence-corrected chi connectivity index (χ0v) is 12.7. The van der Waals surface area contributed by atoms with Gasteiger partial charge in [0.25, 0.3) is 0 Å². The first-order valence-corrected chi connectivity index (χ1v) is 7.26. The molecule has 1 heterocycles. The van der Waals surface area contributed by atoms with Crippen LogP contribution in [0.1, 0.15) is 45.5 Å². The summed E-state index contributed by atoms with van der Waals surface area (Å²) in [4.78, 5) is 0. The molecule has 0 aliphatic rings. The van der Waals surface area contributed by atoms with Gasteiger partial charge in [0, 0.05) is 13.2 Å². The largest absolute Gasteiger partial charge is 0.396 e. The van der Waals surface area contributed by atoms with Gasteiger partial charge >= 0.3 is 0 Å². The zero-order chi connectivity index (χ0) is 13.7. The Labute approximate surface area is 115 Å². The molecule has 0 aliphatic heterocycles. The zero-order valence-electron chi connectivity index (χ0n) is 11.9. The van der Waals surface area contributed by atoms with E-state index in [-0.39, 0.29) is 12.5 Å². The Bertz CT molecular complexity index is 374. The Morgan fingerprint density at radius 1 is 1.33 bits per heavy atom. The second kappa shape index (κ2) is 7.15. The fourth-order valence-corrected chi connectivity index (χ4v) is 2.72. The molecule has 1 atom stereocenters. The maximum atomic E-state index is 9.48. The molecule has 1 aromatic heterocycles. The minimum absolute atomic E-state index is 0.213. The number of aliphatic hydroxyl groups excluding tert-OH is 1. The summed E-state index contributed by atoms with van der Waals surface area (Å²) in [5.41, 5.74) is 2.05. The van der Waals surface area contributed by atoms with E-state index in [1.54, 1.807) is 0 Å². The Morgan fingerprint density at radius 3 is 2.44 bits per heavy atom. The maximum Gasteiger partial charge on any atom is 0.0849 e. The lowest BCUT2D eigenvalue weighted by atomic mass is 9.93. The number of nitrogens with zero attached hydrogens (tertiary/aromatic N) is 2. The molecule has 0 fully saturated rings. The van der Waals surface area contributed by atoms with Gasteiger partial charge in [-0.2, -0.15) is 5.10 Å². The smallest absolute Gasteiger partial charge is 0.0849 e. The monoisotopic (exact) mass is 272 g/mol. The molecule has 0 amide bonds. The topological polar surface area (TPSA) is 38.0 Å². The standard InChI is InChI=1S/C14H25ClN2O/c1-5-12-14(15)13(17(6-2)16-12)8-11(9-18)7-10(3)4/h10-11,18H,5-9H2,1-4H3. The molecule has 1 unspecified atom stereocenters. The SMILES string of the molecule is CCc1nn(CC)c(CC(CO)CC(C)C)c1Cl. The maximum absolute atomic E-state index is 9.48. The van der Waals surface area contributed by atoms with E-state index in [9.17, 15) is 5.11 Å². The normalized spacial score (nSPS) is 13.3. The van der Waals surface area contributed by atoms with Gasteiger partial charge in [0.1, 0.15) is 0 Å². The molecule has 0 radical (unpaired) electrons. The third-order valence-electron chi connectivity index (χ3n) is 3.24. The van der Waals surface area contributed by atoms with Crippen LogP contribution in [0.5, 0.6) is 0 Å². The fraction of sp³-hybridized carbons (Fsp3) is 0.786. The molecule has 4 heteroatoms. The fourth-order valence-electron chi connectivity index (χ4n) is 2.37. The molecule has 18 heavy (non-hydrogen) atoms. The number of hydrogen-bond acceptors (Lipinski definition) is 2. The Hall–Kier alpha value is -0.540. The van der Waals surface area contributed by atoms with Crippen molar-refractivity contribution in [1.29, 1.82) is 0 Å². The molecule has 1 N–H and O–H groups in total. The average molecular weight is 273 g/mol. The van der Waals surface area contributed by atoms with Gasteiger partial charge < -0.3 is 5.11 Å². The van der Waals surface area contributed by atoms with Crippen LogP contribution < -0.4 is 0 Å². The third kappa shape index (κ3) is 3.72. The molecular formula is C14H25ClN2O. The van der Waals surface area contributed by atoms with Crippen molar-refractivity contribution >= 4 is 11.6 Å². The first kappa shape index (κ1) is 15.5. The quantitative estimate of drug-likeness (QED) is 0.827. The van der Waals surface area contributed by atoms with E-state index < -0.39 is 0 Å². The minimum atomic E-state index is 0.213. The van der Waals surface area contributed by atoms with Crippen LogP contribution in [0, 0.1) is 11.8 Å². The number of hydrogen-bond donors (Lipinski definition) is 1. The van der Waals surface area contributed by atoms with Gasteiger partial charge in [-0.3, -0.25) is 4.68 Å². The van der Waals surface area contributed by atoms with Crippen molar-refractivity contribution < 1.29 is 5.11 Å². The first-order valence-electron chi connectivity index (χ1n) is 6.88. The van der Waals surface area contributed by atoms with Gasteiger partial charge in [-0.15, -0.1) is 0 Å². The van der Waals surface area contributed by atoms with E-state index in [4.69, 9.17) is 11.6 Å². The molecule has 0 saturated heterocycles. The van der Waals surface area contributed by atoms with Crippen LogP contribution in [0.2, 0.25) is 5.02 Å². The van der Waals surface area contributed by atoms with Crippen LogP contribution >= 0.6 is 11.6 Å². The highest BCUT2D eigenvalue weighted by Gasteiger charge is 2.19. The van der Waals surface area contributed by atoms with E-state index in [1.807, 2.05) is 4.68 Å². The van der Waals surface area contributed by atoms with Gasteiger partial charge in [-0.1, -0.05) is 32.4 Å². The summed E-state index contributed by atoms with van der Waals surface area (Å²) in [6.45, 7) is 9.54. The van der Waals surface area contributed by atoms with Crippen LogP contribution in [0.4, 0.5) is 0 Å². The Kier molecular flexibility index (Phi) is 6.16. The van der Waals surface area contributed by atoms with E-state index in [1.165, 1.54) is 0 Å². The molecule has 0 spiro atoms. The molecule has 0 saturated carbocycles. The average Bonchev–Trinajstić information content (AvgIpc) is 2.64. The number of aromatic nitrogens is 2. The predicted octanol–water partition coefficient (Wildman–Crippen LogP) is 3.32. The summed E-state index contributed by atoms with van der Waals surface area (Å²) in [5, 5.41) is 14.8. The molecule has 3 nitrogen and oxygen atoms in total. The predicted molar refractivity (Wildman–Crippen MR) is 76.0 cm³/mol. The lowest BCUT2D eigenvalue weighted by Crippen LogP contribution is -2.15. The van der Waals surface area contributed by atoms with Crippen molar-refractivity contribution in [1.82, 2.24) is 9.78 Å². The number of rotatable bonds is 7. The van der Waals surface area contributed by atoms with Crippen molar-refractivity contribution in [2.75, 3.05) is 6.61 Å². The highest BCUT2D eigenvalue weighted by atomic mass is 35.5. The van der Waals surface area contributed by atoms with Crippen LogP contribution in [0.3, 0.4) is 0 Å². The summed E-state index contributed by atoms with van der Waals surface area (Å²) < 4.78 is 1.98. The van der Waals surface area contributed by atoms with Gasteiger partial charge in [0.05, 0.1) is 16.4 Å². The highest BCUT2D eigenvalue weighted by Crippen LogP contribution is 2.26. The molecule has 0 aliphatic carbocycles. The van der Waals surface area contributed by atoms with Gasteiger partial charge in [-0.05, 0) is 38.0 Å². The number of halogens is 1. The van der Waals surface area contributed by atoms with Crippen LogP contribution in [-0.2, 0) is 19.4 Å². The summed E-state index contributed by atoms with van der Waals surface area (Å²) in [5.74, 6) is 0.860. The lowest BCUT2D eigenvalue weighted by molar-refractivity contribution is 0.203. The van der Waals surface area contributed by atoms with Crippen LogP contribution in [-0.4, -0.2) is 21.5 Å². The molecule has 0 aromatic carbocycles. The first-order chi connectivity index (χ1) is 8.53. The summed E-state index contributed by atoms with van der Waals surface area (Å²) in [6.07, 6.45) is 2.68. The Balaban J connectivity index is 2.90. The molecule has 104 valence electrons. The van der Waals surface area contributed by atoms with Crippen molar-refractivity contribution in [3.8, 4) is 0 Å². The van der Waals surface area contributed by atoms with E-state index in [0.29, 0.717) is 5.92 Å². The molecule has 1 aromatic rings. The number of aryl methyl sites for hydroxylation is 2. The van der Waals surface area contributed by atoms with E-state index in [2.05, 4.69) is 32.8 Å². The van der Waals surface area contributed by atoms with Gasteiger partial charge in [0.15, 0.2) is 0 Å². The lowest BCUT2D eigenvalue weighted by Gasteiger charge is -2.17. The Morgan fingerprint density at radius 2 is 2.00 bits per heavy atom. The minimum Gasteiger partial charge on any atom is -0.396 e. The van der Waals surface area contributed by atoms with Gasteiger partial charge in [-0.25, -0.2) is 0 Å². The summed E-state index contributed by atoms with van der Waals surface area (Å²) in [6, 6.07) is 0. The summed E-state index contributed by atoms with van der Waals surface area (Å²) >= 11 is 6.38. The van der Waals surface area contributed by atoms with Crippen molar-refractivity contribution in [3.63, 3.8) is 0 Å². The van der Waals surface area contributed by atoms with Crippen LogP contribution in [0.15, 0.2) is 0 Å².